The van der Waals surface area contributed by atoms with E-state index < -0.39 is 7.49 Å². The Labute approximate surface area is 215 Å². The number of hydrogen-bond acceptors (Lipinski definition) is 1. The Morgan fingerprint density at radius 1 is 0.857 bits per heavy atom. The zero-order chi connectivity index (χ0) is 25.5. The molecular formula is C32H49FOP+. The van der Waals surface area contributed by atoms with Crippen LogP contribution in [0.15, 0.2) is 42.5 Å². The van der Waals surface area contributed by atoms with E-state index in [0.717, 1.165) is 43.6 Å². The topological polar surface area (TPSA) is 20.2 Å². The second-order valence-electron chi connectivity index (χ2n) is 11.4. The van der Waals surface area contributed by atoms with Crippen molar-refractivity contribution in [1.82, 2.24) is 0 Å². The fraction of sp³-hybridized carbons (Fsp3) is 0.625. The summed E-state index contributed by atoms with van der Waals surface area (Å²) in [5.41, 5.74) is 5.06. The second kappa shape index (κ2) is 12.8. The van der Waals surface area contributed by atoms with E-state index in [1.807, 2.05) is 12.1 Å². The largest absolute Gasteiger partial charge is 0.251 e. The molecule has 35 heavy (non-hydrogen) atoms. The lowest BCUT2D eigenvalue weighted by Crippen LogP contribution is -2.36. The normalized spacial score (nSPS) is 20.9. The zero-order valence-corrected chi connectivity index (χ0v) is 23.8. The van der Waals surface area contributed by atoms with Crippen LogP contribution in [0.1, 0.15) is 97.1 Å². The number of hydrogen-bond donors (Lipinski definition) is 1. The Bertz CT molecular complexity index is 906. The van der Waals surface area contributed by atoms with Crippen molar-refractivity contribution in [2.24, 2.45) is 11.8 Å². The third kappa shape index (κ3) is 6.75. The minimum Gasteiger partial charge on any atom is -0.251 e. The van der Waals surface area contributed by atoms with Crippen LogP contribution in [0.3, 0.4) is 0 Å². The molecule has 0 fully saturated rings. The summed E-state index contributed by atoms with van der Waals surface area (Å²) in [6.07, 6.45) is 13.7. The molecule has 0 aromatic heterocycles. The molecule has 0 radical (unpaired) electrons. The molecule has 3 rings (SSSR count). The van der Waals surface area contributed by atoms with Crippen molar-refractivity contribution in [3.63, 3.8) is 0 Å². The maximum atomic E-state index is 13.6. The predicted octanol–water partition coefficient (Wildman–Crippen LogP) is 9.71. The summed E-state index contributed by atoms with van der Waals surface area (Å²) in [5.74, 6) is 1.05. The first kappa shape index (κ1) is 28.3. The highest BCUT2D eigenvalue weighted by atomic mass is 31.2. The number of halogens is 1. The van der Waals surface area contributed by atoms with Crippen LogP contribution in [0.4, 0.5) is 4.39 Å². The van der Waals surface area contributed by atoms with Crippen molar-refractivity contribution in [2.75, 3.05) is 12.3 Å². The summed E-state index contributed by atoms with van der Waals surface area (Å²) in [6.45, 7) is 11.6. The standard InChI is InChI=1S/C32H49FOP/c1-6-10-13-25(8-3)23-35(34,24-26(9-4)14-11-7-2)32(5)21-28-15-12-16-30(31(28)22-32)27-17-19-29(33)20-18-27/h12,15-20,25-26,34H,6-11,13-14,21-24H2,1-5H3/q+1. The Balaban J connectivity index is 1.96. The molecule has 1 N–H and O–H groups in total. The van der Waals surface area contributed by atoms with Gasteiger partial charge in [-0.05, 0) is 78.8 Å². The number of rotatable bonds is 14. The Hall–Kier alpha value is -1.24. The quantitative estimate of drug-likeness (QED) is 0.256. The predicted molar refractivity (Wildman–Crippen MR) is 153 cm³/mol. The van der Waals surface area contributed by atoms with E-state index in [-0.39, 0.29) is 11.0 Å². The summed E-state index contributed by atoms with van der Waals surface area (Å²) < 4.78 is 13.6. The first-order valence-corrected chi connectivity index (χ1v) is 16.4. The third-order valence-electron chi connectivity index (χ3n) is 8.77. The molecule has 1 aliphatic carbocycles. The first-order chi connectivity index (χ1) is 16.8. The average molecular weight is 500 g/mol. The van der Waals surface area contributed by atoms with Gasteiger partial charge < -0.3 is 0 Å². The molecule has 1 nitrogen and oxygen atoms in total. The van der Waals surface area contributed by atoms with Crippen molar-refractivity contribution < 1.29 is 9.28 Å². The number of benzene rings is 2. The monoisotopic (exact) mass is 499 g/mol. The summed E-state index contributed by atoms with van der Waals surface area (Å²) in [4.78, 5) is 12.8. The molecule has 3 heteroatoms. The van der Waals surface area contributed by atoms with Crippen LogP contribution >= 0.6 is 7.49 Å². The van der Waals surface area contributed by atoms with Crippen LogP contribution in [0.2, 0.25) is 0 Å². The molecule has 0 amide bonds. The molecule has 2 aromatic carbocycles. The minimum absolute atomic E-state index is 0.0786. The molecular weight excluding hydrogens is 450 g/mol. The van der Waals surface area contributed by atoms with Gasteiger partial charge in [-0.1, -0.05) is 83.7 Å². The average Bonchev–Trinajstić information content (AvgIpc) is 3.23. The fourth-order valence-electron chi connectivity index (χ4n) is 6.26. The Kier molecular flexibility index (Phi) is 10.4. The highest BCUT2D eigenvalue weighted by molar-refractivity contribution is 7.72. The van der Waals surface area contributed by atoms with Gasteiger partial charge in [0, 0.05) is 12.8 Å². The van der Waals surface area contributed by atoms with Crippen molar-refractivity contribution >= 4 is 7.49 Å². The van der Waals surface area contributed by atoms with E-state index in [2.05, 4.69) is 52.8 Å². The van der Waals surface area contributed by atoms with Crippen LogP contribution in [0, 0.1) is 17.7 Å². The zero-order valence-electron chi connectivity index (χ0n) is 23.0. The van der Waals surface area contributed by atoms with Crippen LogP contribution in [0.25, 0.3) is 11.1 Å². The van der Waals surface area contributed by atoms with Gasteiger partial charge in [0.25, 0.3) is 0 Å². The van der Waals surface area contributed by atoms with Gasteiger partial charge >= 0.3 is 0 Å². The van der Waals surface area contributed by atoms with E-state index >= 15 is 0 Å². The molecule has 0 bridgehead atoms. The number of fused-ring (bicyclic) bond motifs is 1. The van der Waals surface area contributed by atoms with E-state index in [0.29, 0.717) is 11.8 Å². The highest BCUT2D eigenvalue weighted by Gasteiger charge is 2.58. The Morgan fingerprint density at radius 3 is 1.94 bits per heavy atom. The summed E-state index contributed by atoms with van der Waals surface area (Å²) in [6, 6.07) is 13.5. The van der Waals surface area contributed by atoms with E-state index in [1.165, 1.54) is 55.2 Å². The smallest absolute Gasteiger partial charge is 0.148 e. The lowest BCUT2D eigenvalue weighted by molar-refractivity contribution is 0.430. The van der Waals surface area contributed by atoms with Gasteiger partial charge in [0.05, 0.1) is 12.3 Å². The Morgan fingerprint density at radius 2 is 1.43 bits per heavy atom. The molecule has 2 aromatic rings. The molecule has 194 valence electrons. The van der Waals surface area contributed by atoms with Crippen LogP contribution < -0.4 is 0 Å². The fourth-order valence-corrected chi connectivity index (χ4v) is 10.8. The lowest BCUT2D eigenvalue weighted by atomic mass is 9.97. The van der Waals surface area contributed by atoms with Gasteiger partial charge in [-0.2, -0.15) is 0 Å². The van der Waals surface area contributed by atoms with E-state index in [4.69, 9.17) is 0 Å². The summed E-state index contributed by atoms with van der Waals surface area (Å²) in [5, 5.41) is -0.0786. The summed E-state index contributed by atoms with van der Waals surface area (Å²) in [7, 11) is -2.22. The highest BCUT2D eigenvalue weighted by Crippen LogP contribution is 2.71. The van der Waals surface area contributed by atoms with Gasteiger partial charge in [-0.15, -0.1) is 0 Å². The SMILES string of the molecule is CCCCC(CC)C[P+](O)(CC(CC)CCCC)C1(C)Cc2cccc(-c3ccc(F)cc3)c2C1. The molecule has 3 atom stereocenters. The van der Waals surface area contributed by atoms with E-state index in [9.17, 15) is 9.28 Å². The van der Waals surface area contributed by atoms with Gasteiger partial charge in [-0.3, -0.25) is 4.89 Å². The second-order valence-corrected chi connectivity index (χ2v) is 15.1. The maximum Gasteiger partial charge on any atom is 0.148 e. The van der Waals surface area contributed by atoms with Gasteiger partial charge in [-0.25, -0.2) is 4.39 Å². The van der Waals surface area contributed by atoms with Crippen LogP contribution in [-0.4, -0.2) is 22.4 Å². The molecule has 0 saturated carbocycles. The van der Waals surface area contributed by atoms with Crippen LogP contribution in [0.5, 0.6) is 0 Å². The van der Waals surface area contributed by atoms with Crippen LogP contribution in [-0.2, 0) is 12.8 Å². The molecule has 1 aliphatic rings. The van der Waals surface area contributed by atoms with Gasteiger partial charge in [0.15, 0.2) is 0 Å². The molecule has 0 spiro atoms. The number of unbranched alkanes of at least 4 members (excludes halogenated alkanes) is 2. The van der Waals surface area contributed by atoms with Crippen molar-refractivity contribution in [2.45, 2.75) is 104 Å². The lowest BCUT2D eigenvalue weighted by Gasteiger charge is -2.39. The molecule has 0 saturated heterocycles. The van der Waals surface area contributed by atoms with Crippen molar-refractivity contribution in [3.05, 3.63) is 59.4 Å². The van der Waals surface area contributed by atoms with Crippen molar-refractivity contribution in [3.8, 4) is 11.1 Å². The first-order valence-electron chi connectivity index (χ1n) is 14.3. The molecule has 0 aliphatic heterocycles. The van der Waals surface area contributed by atoms with E-state index in [1.54, 1.807) is 12.1 Å². The third-order valence-corrected chi connectivity index (χ3v) is 13.3. The molecule has 3 unspecified atom stereocenters. The minimum atomic E-state index is -2.22. The summed E-state index contributed by atoms with van der Waals surface area (Å²) >= 11 is 0. The van der Waals surface area contributed by atoms with Gasteiger partial charge in [0.1, 0.15) is 18.5 Å². The van der Waals surface area contributed by atoms with Crippen molar-refractivity contribution in [1.29, 1.82) is 0 Å². The maximum absolute atomic E-state index is 13.6. The van der Waals surface area contributed by atoms with Gasteiger partial charge in [0.2, 0.25) is 0 Å². The molecule has 0 heterocycles.